The number of hydrogen-bond donors (Lipinski definition) is 5. The molecule has 0 aliphatic carbocycles. The molecule has 15 nitrogen and oxygen atoms in total. The van der Waals surface area contributed by atoms with Gasteiger partial charge in [0.1, 0.15) is 23.9 Å². The van der Waals surface area contributed by atoms with Crippen LogP contribution in [0.2, 0.25) is 0 Å². The lowest BCUT2D eigenvalue weighted by Crippen LogP contribution is -2.54. The molecular formula is C46H61N7O8. The van der Waals surface area contributed by atoms with E-state index in [-0.39, 0.29) is 53.4 Å². The molecule has 3 aliphatic rings. The minimum Gasteiger partial charge on any atom is -0.508 e. The molecular weight excluding hydrogens is 779 g/mol. The van der Waals surface area contributed by atoms with E-state index < -0.39 is 30.3 Å². The molecule has 3 fully saturated rings. The number of ether oxygens (including phenoxy) is 2. The summed E-state index contributed by atoms with van der Waals surface area (Å²) in [6.45, 7) is 9.15. The largest absolute Gasteiger partial charge is 0.508 e. The van der Waals surface area contributed by atoms with Crippen LogP contribution in [0.1, 0.15) is 89.4 Å². The van der Waals surface area contributed by atoms with Crippen LogP contribution in [0, 0.1) is 11.8 Å². The van der Waals surface area contributed by atoms with Crippen LogP contribution in [0.25, 0.3) is 0 Å². The number of carbonyl (C=O) groups excluding carboxylic acids is 5. The van der Waals surface area contributed by atoms with E-state index in [9.17, 15) is 29.1 Å². The Hall–Kier alpha value is -5.99. The zero-order valence-corrected chi connectivity index (χ0v) is 36.1. The number of alkyl carbamates (subject to hydrolysis) is 2. The summed E-state index contributed by atoms with van der Waals surface area (Å²) in [5, 5.41) is 22.0. The highest BCUT2D eigenvalue weighted by Crippen LogP contribution is 2.47. The van der Waals surface area contributed by atoms with E-state index in [1.165, 1.54) is 14.2 Å². The summed E-state index contributed by atoms with van der Waals surface area (Å²) >= 11 is 0. The number of hydrogen-bond acceptors (Lipinski definition) is 10. The van der Waals surface area contributed by atoms with Crippen LogP contribution < -0.4 is 26.2 Å². The van der Waals surface area contributed by atoms with Crippen LogP contribution in [0.3, 0.4) is 0 Å². The van der Waals surface area contributed by atoms with Gasteiger partial charge in [0.05, 0.1) is 26.3 Å². The highest BCUT2D eigenvalue weighted by atomic mass is 16.5. The fourth-order valence-electron chi connectivity index (χ4n) is 8.92. The van der Waals surface area contributed by atoms with E-state index in [1.807, 2.05) is 69.0 Å². The number of aromatic hydroxyl groups is 1. The van der Waals surface area contributed by atoms with Crippen LogP contribution in [0.5, 0.6) is 5.75 Å². The van der Waals surface area contributed by atoms with Crippen molar-refractivity contribution in [3.63, 3.8) is 0 Å². The van der Waals surface area contributed by atoms with E-state index in [0.717, 1.165) is 48.2 Å². The van der Waals surface area contributed by atoms with Crippen molar-refractivity contribution in [3.8, 4) is 5.75 Å². The van der Waals surface area contributed by atoms with Gasteiger partial charge in [-0.05, 0) is 110 Å². The lowest BCUT2D eigenvalue weighted by atomic mass is 10.0. The second-order valence-corrected chi connectivity index (χ2v) is 16.9. The lowest BCUT2D eigenvalue weighted by molar-refractivity contribution is -0.139. The fourth-order valence-corrected chi connectivity index (χ4v) is 8.92. The predicted molar refractivity (Wildman–Crippen MR) is 233 cm³/mol. The Morgan fingerprint density at radius 1 is 0.656 bits per heavy atom. The maximum Gasteiger partial charge on any atom is 0.407 e. The van der Waals surface area contributed by atoms with Crippen LogP contribution in [0.15, 0.2) is 72.8 Å². The molecule has 3 aliphatic heterocycles. The summed E-state index contributed by atoms with van der Waals surface area (Å²) < 4.78 is 9.49. The number of carbonyl (C=O) groups is 5. The first-order chi connectivity index (χ1) is 29.3. The second kappa shape index (κ2) is 20.0. The van der Waals surface area contributed by atoms with E-state index in [2.05, 4.69) is 50.4 Å². The summed E-state index contributed by atoms with van der Waals surface area (Å²) in [7, 11) is 2.54. The summed E-state index contributed by atoms with van der Waals surface area (Å²) in [6, 6.07) is 21.5. The number of rotatable bonds is 14. The Labute approximate surface area is 358 Å². The monoisotopic (exact) mass is 839 g/mol. The first-order valence-electron chi connectivity index (χ1n) is 21.4. The first-order valence-corrected chi connectivity index (χ1v) is 21.4. The number of nitrogens with one attached hydrogen (secondary N) is 4. The number of likely N-dealkylation sites (tertiary alicyclic amines) is 2. The third-order valence-corrected chi connectivity index (χ3v) is 12.2. The van der Waals surface area contributed by atoms with Crippen LogP contribution in [0.4, 0.5) is 26.7 Å². The molecule has 5 amide bonds. The molecule has 3 heterocycles. The molecule has 3 aromatic carbocycles. The molecule has 3 aromatic rings. The number of nitrogens with zero attached hydrogens (tertiary/aromatic N) is 3. The maximum atomic E-state index is 13.6. The van der Waals surface area contributed by atoms with Crippen molar-refractivity contribution in [2.45, 2.75) is 102 Å². The summed E-state index contributed by atoms with van der Waals surface area (Å²) in [6.07, 6.45) is 3.43. The van der Waals surface area contributed by atoms with E-state index in [1.54, 1.807) is 17.0 Å². The number of anilines is 3. The van der Waals surface area contributed by atoms with E-state index in [0.29, 0.717) is 38.2 Å². The zero-order chi connectivity index (χ0) is 43.8. The molecule has 0 saturated carbocycles. The number of amides is 5. The van der Waals surface area contributed by atoms with Gasteiger partial charge in [0.15, 0.2) is 0 Å². The molecule has 6 rings (SSSR count). The van der Waals surface area contributed by atoms with Gasteiger partial charge in [0.2, 0.25) is 17.7 Å². The van der Waals surface area contributed by atoms with Crippen molar-refractivity contribution in [1.82, 2.24) is 20.4 Å². The summed E-state index contributed by atoms with van der Waals surface area (Å²) in [5.74, 6) is -0.770. The van der Waals surface area contributed by atoms with Gasteiger partial charge in [0, 0.05) is 42.7 Å². The van der Waals surface area contributed by atoms with Gasteiger partial charge in [-0.2, -0.15) is 0 Å². The van der Waals surface area contributed by atoms with E-state index >= 15 is 0 Å². The van der Waals surface area contributed by atoms with Crippen molar-refractivity contribution in [2.75, 3.05) is 49.4 Å². The lowest BCUT2D eigenvalue weighted by Gasteiger charge is -2.33. The normalized spacial score (nSPS) is 21.0. The Kier molecular flexibility index (Phi) is 14.6. The van der Waals surface area contributed by atoms with Gasteiger partial charge < -0.3 is 50.5 Å². The van der Waals surface area contributed by atoms with Crippen molar-refractivity contribution >= 4 is 47.0 Å². The molecule has 5 N–H and O–H groups in total. The van der Waals surface area contributed by atoms with E-state index in [4.69, 9.17) is 9.47 Å². The fraction of sp³-hybridized carbons (Fsp3) is 0.500. The summed E-state index contributed by atoms with van der Waals surface area (Å²) in [5.41, 5.74) is 4.77. The molecule has 3 saturated heterocycles. The molecule has 0 aromatic heterocycles. The molecule has 328 valence electrons. The van der Waals surface area contributed by atoms with Gasteiger partial charge in [-0.1, -0.05) is 52.0 Å². The number of methoxy groups -OCH3 is 2. The van der Waals surface area contributed by atoms with Crippen LogP contribution >= 0.6 is 0 Å². The predicted octanol–water partition coefficient (Wildman–Crippen LogP) is 6.57. The van der Waals surface area contributed by atoms with Crippen molar-refractivity contribution in [1.29, 1.82) is 0 Å². The zero-order valence-electron chi connectivity index (χ0n) is 36.1. The Morgan fingerprint density at radius 3 is 1.67 bits per heavy atom. The second-order valence-electron chi connectivity index (χ2n) is 16.9. The van der Waals surface area contributed by atoms with Gasteiger partial charge >= 0.3 is 12.2 Å². The van der Waals surface area contributed by atoms with Crippen LogP contribution in [-0.4, -0.2) is 103 Å². The number of benzene rings is 3. The average Bonchev–Trinajstić information content (AvgIpc) is 4.05. The number of phenols is 1. The summed E-state index contributed by atoms with van der Waals surface area (Å²) in [4.78, 5) is 70.4. The molecule has 15 heteroatoms. The molecule has 0 unspecified atom stereocenters. The Bertz CT molecular complexity index is 1990. The van der Waals surface area contributed by atoms with Gasteiger partial charge in [-0.25, -0.2) is 9.59 Å². The highest BCUT2D eigenvalue weighted by Gasteiger charge is 2.40. The average molecular weight is 840 g/mol. The molecule has 6 atom stereocenters. The Morgan fingerprint density at radius 2 is 1.15 bits per heavy atom. The third kappa shape index (κ3) is 10.5. The Balaban J connectivity index is 1.12. The quantitative estimate of drug-likeness (QED) is 0.119. The third-order valence-electron chi connectivity index (χ3n) is 12.2. The first kappa shape index (κ1) is 44.6. The molecule has 0 radical (unpaired) electrons. The SMILES string of the molecule is COC(=O)N[C@H](C(=O)N1CCC[C@H]1CNc1ccc([C@@H]2CC[C@@H](c3ccc(NC(=O)[C@@H]4CCCN4C(=O)[C@@H](NC(=O)OC)C(C)C)cc3)N2c2ccc(O)cc2)cc1)C(C)C. The molecule has 0 bridgehead atoms. The minimum atomic E-state index is -0.809. The highest BCUT2D eigenvalue weighted by molar-refractivity contribution is 5.98. The molecule has 0 spiro atoms. The van der Waals surface area contributed by atoms with Gasteiger partial charge in [-0.3, -0.25) is 14.4 Å². The van der Waals surface area contributed by atoms with Crippen molar-refractivity contribution < 1.29 is 38.6 Å². The molecule has 61 heavy (non-hydrogen) atoms. The standard InChI is InChI=1S/C46H61N7O8/c1-28(2)40(49-45(58)60-5)43(56)51-25-7-9-35(51)27-47-32-15-11-30(12-16-32)37-23-24-38(53(37)34-19-21-36(54)22-20-34)31-13-17-33(18-14-31)48-42(55)39-10-8-26-52(39)44(57)41(29(3)4)50-46(59)61-6/h11-22,28-29,35,37-41,47,54H,7-10,23-27H2,1-6H3,(H,48,55)(H,49,58)(H,50,59)/t35-,37-,38-,39-,40-,41-/m0/s1. The van der Waals surface area contributed by atoms with Gasteiger partial charge in [-0.15, -0.1) is 0 Å². The van der Waals surface area contributed by atoms with Crippen molar-refractivity contribution in [3.05, 3.63) is 83.9 Å². The number of phenolic OH excluding ortho intramolecular Hbond substituents is 1. The maximum absolute atomic E-state index is 13.6. The van der Waals surface area contributed by atoms with Crippen LogP contribution in [-0.2, 0) is 23.9 Å². The minimum absolute atomic E-state index is 0.00547. The van der Waals surface area contributed by atoms with Crippen molar-refractivity contribution in [2.24, 2.45) is 11.8 Å². The van der Waals surface area contributed by atoms with Gasteiger partial charge in [0.25, 0.3) is 0 Å². The smallest absolute Gasteiger partial charge is 0.407 e. The topological polar surface area (TPSA) is 182 Å².